The van der Waals surface area contributed by atoms with Crippen LogP contribution < -0.4 is 0 Å². The number of aromatic hydroxyl groups is 1. The molecule has 2 aromatic carbocycles. The van der Waals surface area contributed by atoms with E-state index in [-0.39, 0.29) is 22.9 Å². The molecular formula is C21H17ClO2. The highest BCUT2D eigenvalue weighted by Crippen LogP contribution is 2.64. The van der Waals surface area contributed by atoms with Crippen LogP contribution in [-0.2, 0) is 11.2 Å². The molecule has 1 saturated carbocycles. The average Bonchev–Trinajstić information content (AvgIpc) is 3.14. The Balaban J connectivity index is 1.86. The average molecular weight is 337 g/mol. The van der Waals surface area contributed by atoms with Gasteiger partial charge in [-0.25, -0.2) is 0 Å². The number of rotatable bonds is 1. The highest BCUT2D eigenvalue weighted by molar-refractivity contribution is 6.35. The number of fused-ring (bicyclic) bond motifs is 3. The summed E-state index contributed by atoms with van der Waals surface area (Å²) in [5.41, 5.74) is 5.14. The van der Waals surface area contributed by atoms with Gasteiger partial charge in [-0.15, -0.1) is 0 Å². The number of allylic oxidation sites excluding steroid dienone is 2. The van der Waals surface area contributed by atoms with Gasteiger partial charge in [0, 0.05) is 16.9 Å². The monoisotopic (exact) mass is 336 g/mol. The number of Topliss-reactive ketones (excluding diaryl/α,β-unsaturated/α-hetero) is 1. The van der Waals surface area contributed by atoms with Crippen molar-refractivity contribution in [2.75, 3.05) is 0 Å². The van der Waals surface area contributed by atoms with E-state index >= 15 is 0 Å². The fraction of sp³-hybridized carbons (Fsp3) is 0.286. The Kier molecular flexibility index (Phi) is 2.82. The molecule has 120 valence electrons. The first-order valence-corrected chi connectivity index (χ1v) is 8.84. The van der Waals surface area contributed by atoms with Crippen LogP contribution in [0, 0.1) is 11.3 Å². The SMILES string of the molecule is O=C1C(c2ccccc2)=C2c3ccc(O)c(Cl)c3CC23CCC1C3. The van der Waals surface area contributed by atoms with Gasteiger partial charge in [0.15, 0.2) is 5.78 Å². The highest BCUT2D eigenvalue weighted by Gasteiger charge is 2.54. The zero-order chi connectivity index (χ0) is 16.5. The minimum atomic E-state index is 0.0174. The van der Waals surface area contributed by atoms with E-state index in [4.69, 9.17) is 11.6 Å². The fourth-order valence-electron chi connectivity index (χ4n) is 5.08. The Morgan fingerprint density at radius 1 is 1.12 bits per heavy atom. The molecule has 0 aliphatic heterocycles. The maximum Gasteiger partial charge on any atom is 0.166 e. The Morgan fingerprint density at radius 3 is 2.71 bits per heavy atom. The minimum Gasteiger partial charge on any atom is -0.506 e. The van der Waals surface area contributed by atoms with Crippen molar-refractivity contribution in [1.82, 2.24) is 0 Å². The van der Waals surface area contributed by atoms with E-state index in [9.17, 15) is 9.90 Å². The molecule has 0 amide bonds. The first-order chi connectivity index (χ1) is 11.6. The van der Waals surface area contributed by atoms with Crippen LogP contribution in [0.15, 0.2) is 42.5 Å². The summed E-state index contributed by atoms with van der Waals surface area (Å²) < 4.78 is 0. The molecule has 1 N–H and O–H groups in total. The van der Waals surface area contributed by atoms with Crippen molar-refractivity contribution in [3.8, 4) is 5.75 Å². The number of carbonyl (C=O) groups excluding carboxylic acids is 1. The summed E-state index contributed by atoms with van der Waals surface area (Å²) in [6.45, 7) is 0. The maximum absolute atomic E-state index is 13.1. The second-order valence-corrected chi connectivity index (χ2v) is 7.68. The predicted octanol–water partition coefficient (Wildman–Crippen LogP) is 4.88. The van der Waals surface area contributed by atoms with E-state index in [0.717, 1.165) is 47.9 Å². The van der Waals surface area contributed by atoms with E-state index in [2.05, 4.69) is 0 Å². The van der Waals surface area contributed by atoms with E-state index in [1.807, 2.05) is 36.4 Å². The van der Waals surface area contributed by atoms with Crippen LogP contribution in [0.1, 0.15) is 36.0 Å². The summed E-state index contributed by atoms with van der Waals surface area (Å²) >= 11 is 6.41. The molecule has 3 aliphatic rings. The van der Waals surface area contributed by atoms with Gasteiger partial charge in [-0.3, -0.25) is 4.79 Å². The summed E-state index contributed by atoms with van der Waals surface area (Å²) in [5.74, 6) is 0.542. The number of ketones is 1. The van der Waals surface area contributed by atoms with Crippen LogP contribution in [0.5, 0.6) is 5.75 Å². The number of hydrogen-bond donors (Lipinski definition) is 1. The summed E-state index contributed by atoms with van der Waals surface area (Å²) in [6, 6.07) is 13.6. The van der Waals surface area contributed by atoms with Crippen molar-refractivity contribution >= 4 is 28.5 Å². The lowest BCUT2D eigenvalue weighted by atomic mass is 9.70. The molecule has 2 aromatic rings. The van der Waals surface area contributed by atoms with Crippen LogP contribution in [-0.4, -0.2) is 10.9 Å². The molecule has 0 radical (unpaired) electrons. The molecule has 24 heavy (non-hydrogen) atoms. The third kappa shape index (κ3) is 1.70. The maximum atomic E-state index is 13.1. The zero-order valence-corrected chi connectivity index (χ0v) is 13.9. The van der Waals surface area contributed by atoms with Gasteiger partial charge in [0.1, 0.15) is 5.75 Å². The normalized spacial score (nSPS) is 27.4. The van der Waals surface area contributed by atoms with Crippen LogP contribution in [0.25, 0.3) is 11.1 Å². The van der Waals surface area contributed by atoms with E-state index in [1.165, 1.54) is 5.57 Å². The van der Waals surface area contributed by atoms with Crippen molar-refractivity contribution in [3.63, 3.8) is 0 Å². The number of carbonyl (C=O) groups is 1. The van der Waals surface area contributed by atoms with E-state index < -0.39 is 0 Å². The molecule has 1 fully saturated rings. The fourth-order valence-corrected chi connectivity index (χ4v) is 5.32. The molecule has 5 rings (SSSR count). The van der Waals surface area contributed by atoms with Gasteiger partial charge in [0.2, 0.25) is 0 Å². The molecule has 3 heteroatoms. The number of halogens is 1. The Labute approximate surface area is 145 Å². The molecule has 0 aromatic heterocycles. The number of hydrogen-bond acceptors (Lipinski definition) is 2. The summed E-state index contributed by atoms with van der Waals surface area (Å²) in [7, 11) is 0. The lowest BCUT2D eigenvalue weighted by Crippen LogP contribution is -2.27. The quantitative estimate of drug-likeness (QED) is 0.805. The summed E-state index contributed by atoms with van der Waals surface area (Å²) in [5, 5.41) is 10.5. The van der Waals surface area contributed by atoms with Crippen molar-refractivity contribution in [3.05, 3.63) is 64.2 Å². The molecule has 2 nitrogen and oxygen atoms in total. The van der Waals surface area contributed by atoms with Crippen molar-refractivity contribution < 1.29 is 9.90 Å². The topological polar surface area (TPSA) is 37.3 Å². The second-order valence-electron chi connectivity index (χ2n) is 7.30. The van der Waals surface area contributed by atoms with Gasteiger partial charge >= 0.3 is 0 Å². The molecule has 3 aliphatic carbocycles. The number of phenols is 1. The van der Waals surface area contributed by atoms with Gasteiger partial charge in [-0.05, 0) is 54.0 Å². The number of benzene rings is 2. The predicted molar refractivity (Wildman–Crippen MR) is 94.9 cm³/mol. The van der Waals surface area contributed by atoms with Gasteiger partial charge in [0.25, 0.3) is 0 Å². The van der Waals surface area contributed by atoms with E-state index in [0.29, 0.717) is 5.02 Å². The van der Waals surface area contributed by atoms with Gasteiger partial charge in [-0.1, -0.05) is 48.0 Å². The summed E-state index contributed by atoms with van der Waals surface area (Å²) in [6.07, 6.45) is 3.74. The van der Waals surface area contributed by atoms with Crippen LogP contribution in [0.4, 0.5) is 0 Å². The van der Waals surface area contributed by atoms with Gasteiger partial charge < -0.3 is 5.11 Å². The van der Waals surface area contributed by atoms with Crippen molar-refractivity contribution in [2.24, 2.45) is 11.3 Å². The third-order valence-electron chi connectivity index (χ3n) is 6.08. The first kappa shape index (κ1) is 14.3. The molecule has 2 unspecified atom stereocenters. The number of phenolic OH excluding ortho intramolecular Hbond substituents is 1. The van der Waals surface area contributed by atoms with Crippen LogP contribution >= 0.6 is 11.6 Å². The standard InChI is InChI=1S/C21H17ClO2/c22-19-15-11-21-9-8-13(10-21)20(24)17(12-4-2-1-3-5-12)18(21)14(15)6-7-16(19)23/h1-7,13,23H,8-11H2. The van der Waals surface area contributed by atoms with Crippen LogP contribution in [0.2, 0.25) is 5.02 Å². The second kappa shape index (κ2) is 4.73. The lowest BCUT2D eigenvalue weighted by molar-refractivity contribution is -0.117. The molecule has 2 bridgehead atoms. The molecule has 2 atom stereocenters. The smallest absolute Gasteiger partial charge is 0.166 e. The molecule has 0 heterocycles. The molecule has 0 saturated heterocycles. The lowest BCUT2D eigenvalue weighted by Gasteiger charge is -2.32. The molecule has 1 spiro atoms. The zero-order valence-electron chi connectivity index (χ0n) is 13.2. The molecular weight excluding hydrogens is 320 g/mol. The Morgan fingerprint density at radius 2 is 1.92 bits per heavy atom. The Bertz CT molecular complexity index is 913. The summed E-state index contributed by atoms with van der Waals surface area (Å²) in [4.78, 5) is 13.1. The minimum absolute atomic E-state index is 0.0174. The largest absolute Gasteiger partial charge is 0.506 e. The van der Waals surface area contributed by atoms with Crippen molar-refractivity contribution in [1.29, 1.82) is 0 Å². The van der Waals surface area contributed by atoms with Crippen molar-refractivity contribution in [2.45, 2.75) is 25.7 Å². The first-order valence-electron chi connectivity index (χ1n) is 8.46. The highest BCUT2D eigenvalue weighted by atomic mass is 35.5. The van der Waals surface area contributed by atoms with Gasteiger partial charge in [-0.2, -0.15) is 0 Å². The van der Waals surface area contributed by atoms with E-state index in [1.54, 1.807) is 6.07 Å². The third-order valence-corrected chi connectivity index (χ3v) is 6.50. The Hall–Kier alpha value is -2.06. The van der Waals surface area contributed by atoms with Gasteiger partial charge in [0.05, 0.1) is 5.02 Å². The van der Waals surface area contributed by atoms with Crippen LogP contribution in [0.3, 0.4) is 0 Å².